The first-order valence-corrected chi connectivity index (χ1v) is 8.23. The molecule has 0 saturated heterocycles. The minimum Gasteiger partial charge on any atom is -0.399 e. The fraction of sp³-hybridized carbons (Fsp3) is 0.471. The number of carbonyl (C=O) groups excluding carboxylic acids is 1. The molecule has 1 aliphatic heterocycles. The van der Waals surface area contributed by atoms with Crippen LogP contribution in [-0.2, 0) is 24.2 Å². The first-order valence-electron chi connectivity index (χ1n) is 8.23. The number of amides is 1. The number of fused-ring (bicyclic) bond motifs is 1. The molecule has 0 spiro atoms. The number of halogens is 2. The molecule has 1 aliphatic rings. The van der Waals surface area contributed by atoms with E-state index in [1.165, 1.54) is 0 Å². The van der Waals surface area contributed by atoms with Crippen LogP contribution in [0.1, 0.15) is 49.4 Å². The van der Waals surface area contributed by atoms with Crippen LogP contribution in [-0.4, -0.2) is 20.7 Å². The summed E-state index contributed by atoms with van der Waals surface area (Å²) in [7, 11) is 0. The van der Waals surface area contributed by atoms with E-state index in [-0.39, 0.29) is 36.8 Å². The smallest absolute Gasteiger partial charge is 0.220 e. The highest BCUT2D eigenvalue weighted by molar-refractivity contribution is 5.85. The molecule has 8 heteroatoms. The van der Waals surface area contributed by atoms with Gasteiger partial charge in [0.15, 0.2) is 5.82 Å². The monoisotopic (exact) mass is 385 g/mol. The van der Waals surface area contributed by atoms with Gasteiger partial charge in [0.2, 0.25) is 5.91 Å². The Hall–Kier alpha value is -1.79. The summed E-state index contributed by atoms with van der Waals surface area (Å²) >= 11 is 0. The van der Waals surface area contributed by atoms with Crippen LogP contribution in [0.2, 0.25) is 0 Å². The van der Waals surface area contributed by atoms with Crippen LogP contribution in [0, 0.1) is 0 Å². The molecule has 0 radical (unpaired) electrons. The summed E-state index contributed by atoms with van der Waals surface area (Å²) in [5.41, 5.74) is 7.68. The summed E-state index contributed by atoms with van der Waals surface area (Å²) in [4.78, 5) is 16.8. The number of nitrogen functional groups attached to an aromatic ring is 1. The minimum absolute atomic E-state index is 0. The number of nitrogens with zero attached hydrogens (tertiary/aromatic N) is 3. The van der Waals surface area contributed by atoms with Crippen LogP contribution in [0.15, 0.2) is 24.3 Å². The molecule has 138 valence electrons. The number of aromatic nitrogens is 3. The number of aryl methyl sites for hydroxylation is 3. The molecule has 3 rings (SSSR count). The molecule has 0 aliphatic carbocycles. The maximum Gasteiger partial charge on any atom is 0.220 e. The number of rotatable bonds is 5. The van der Waals surface area contributed by atoms with Gasteiger partial charge in [-0.2, -0.15) is 5.10 Å². The van der Waals surface area contributed by atoms with Crippen molar-refractivity contribution >= 4 is 36.4 Å². The molecule has 0 fully saturated rings. The van der Waals surface area contributed by atoms with Crippen molar-refractivity contribution in [1.82, 2.24) is 20.1 Å². The predicted molar refractivity (Wildman–Crippen MR) is 103 cm³/mol. The molecule has 1 unspecified atom stereocenters. The van der Waals surface area contributed by atoms with Crippen molar-refractivity contribution in [3.8, 4) is 0 Å². The van der Waals surface area contributed by atoms with E-state index in [9.17, 15) is 4.79 Å². The first kappa shape index (κ1) is 21.3. The van der Waals surface area contributed by atoms with Crippen LogP contribution < -0.4 is 11.1 Å². The van der Waals surface area contributed by atoms with Gasteiger partial charge in [-0.05, 0) is 30.9 Å². The molecule has 6 nitrogen and oxygen atoms in total. The molecule has 2 aromatic rings. The Balaban J connectivity index is 0.00000156. The third-order valence-corrected chi connectivity index (χ3v) is 4.25. The second-order valence-corrected chi connectivity index (χ2v) is 5.92. The second-order valence-electron chi connectivity index (χ2n) is 5.92. The van der Waals surface area contributed by atoms with Crippen LogP contribution in [0.3, 0.4) is 0 Å². The largest absolute Gasteiger partial charge is 0.399 e. The second kappa shape index (κ2) is 9.63. The van der Waals surface area contributed by atoms with Gasteiger partial charge in [-0.15, -0.1) is 24.8 Å². The van der Waals surface area contributed by atoms with Gasteiger partial charge in [-0.25, -0.2) is 9.67 Å². The van der Waals surface area contributed by atoms with Crippen LogP contribution >= 0.6 is 24.8 Å². The molecular formula is C17H25Cl2N5O. The van der Waals surface area contributed by atoms with Crippen LogP contribution in [0.25, 0.3) is 0 Å². The summed E-state index contributed by atoms with van der Waals surface area (Å²) in [5, 5.41) is 7.57. The number of hydrogen-bond donors (Lipinski definition) is 2. The highest BCUT2D eigenvalue weighted by Crippen LogP contribution is 2.23. The molecule has 2 heterocycles. The topological polar surface area (TPSA) is 85.8 Å². The lowest BCUT2D eigenvalue weighted by Gasteiger charge is -2.23. The lowest BCUT2D eigenvalue weighted by molar-refractivity contribution is -0.122. The molecule has 25 heavy (non-hydrogen) atoms. The summed E-state index contributed by atoms with van der Waals surface area (Å²) in [6.45, 7) is 2.93. The number of nitrogens with one attached hydrogen (secondary N) is 1. The Labute approximate surface area is 160 Å². The normalized spacial score (nSPS) is 15.5. The number of para-hydroxylation sites is 1. The van der Waals surface area contributed by atoms with Gasteiger partial charge >= 0.3 is 0 Å². The molecule has 1 aromatic carbocycles. The van der Waals surface area contributed by atoms with Crippen molar-refractivity contribution in [1.29, 1.82) is 0 Å². The van der Waals surface area contributed by atoms with E-state index >= 15 is 0 Å². The zero-order valence-corrected chi connectivity index (χ0v) is 15.9. The SMILES string of the molecule is CCc1nc2n(n1)CCCC2NC(=O)CCc1ccccc1N.Cl.Cl. The molecule has 0 bridgehead atoms. The lowest BCUT2D eigenvalue weighted by Crippen LogP contribution is -2.33. The summed E-state index contributed by atoms with van der Waals surface area (Å²) in [5.74, 6) is 1.77. The number of carbonyl (C=O) groups is 1. The van der Waals surface area contributed by atoms with Gasteiger partial charge in [0.1, 0.15) is 5.82 Å². The first-order chi connectivity index (χ1) is 11.2. The highest BCUT2D eigenvalue weighted by atomic mass is 35.5. The number of benzene rings is 1. The summed E-state index contributed by atoms with van der Waals surface area (Å²) < 4.78 is 1.93. The van der Waals surface area contributed by atoms with Crippen LogP contribution in [0.4, 0.5) is 5.69 Å². The molecule has 1 aromatic heterocycles. The third-order valence-electron chi connectivity index (χ3n) is 4.25. The van der Waals surface area contributed by atoms with E-state index in [1.807, 2.05) is 35.9 Å². The minimum atomic E-state index is -0.0304. The van der Waals surface area contributed by atoms with Crippen molar-refractivity contribution < 1.29 is 4.79 Å². The predicted octanol–water partition coefficient (Wildman–Crippen LogP) is 2.85. The van der Waals surface area contributed by atoms with E-state index in [4.69, 9.17) is 5.73 Å². The molecule has 0 saturated carbocycles. The lowest BCUT2D eigenvalue weighted by atomic mass is 10.1. The van der Waals surface area contributed by atoms with Gasteiger partial charge in [0.25, 0.3) is 0 Å². The van der Waals surface area contributed by atoms with E-state index in [2.05, 4.69) is 15.4 Å². The Bertz CT molecular complexity index is 704. The van der Waals surface area contributed by atoms with E-state index < -0.39 is 0 Å². The third kappa shape index (κ3) is 5.09. The zero-order valence-electron chi connectivity index (χ0n) is 14.3. The summed E-state index contributed by atoms with van der Waals surface area (Å²) in [6.07, 6.45) is 3.82. The standard InChI is InChI=1S/C17H23N5O.2ClH/c1-2-15-20-17-14(8-5-11-22(17)21-15)19-16(23)10-9-12-6-3-4-7-13(12)18;;/h3-4,6-7,14H,2,5,8-11,18H2,1H3,(H,19,23);2*1H. The van der Waals surface area contributed by atoms with Crippen molar-refractivity contribution in [3.05, 3.63) is 41.5 Å². The summed E-state index contributed by atoms with van der Waals surface area (Å²) in [6, 6.07) is 7.65. The van der Waals surface area contributed by atoms with Crippen molar-refractivity contribution in [2.24, 2.45) is 0 Å². The van der Waals surface area contributed by atoms with E-state index in [0.717, 1.165) is 48.7 Å². The molecule has 1 amide bonds. The van der Waals surface area contributed by atoms with E-state index in [0.29, 0.717) is 12.8 Å². The Morgan fingerprint density at radius 2 is 2.12 bits per heavy atom. The Morgan fingerprint density at radius 3 is 2.84 bits per heavy atom. The van der Waals surface area contributed by atoms with Gasteiger partial charge in [0.05, 0.1) is 6.04 Å². The number of anilines is 1. The average Bonchev–Trinajstić information content (AvgIpc) is 2.98. The fourth-order valence-electron chi connectivity index (χ4n) is 2.96. The van der Waals surface area contributed by atoms with Gasteiger partial charge in [-0.1, -0.05) is 25.1 Å². The molecular weight excluding hydrogens is 361 g/mol. The number of nitrogens with two attached hydrogens (primary N) is 1. The Morgan fingerprint density at radius 1 is 1.36 bits per heavy atom. The van der Waals surface area contributed by atoms with Gasteiger partial charge in [-0.3, -0.25) is 4.79 Å². The van der Waals surface area contributed by atoms with Crippen molar-refractivity contribution in [3.63, 3.8) is 0 Å². The van der Waals surface area contributed by atoms with Crippen LogP contribution in [0.5, 0.6) is 0 Å². The quantitative estimate of drug-likeness (QED) is 0.774. The number of hydrogen-bond acceptors (Lipinski definition) is 4. The van der Waals surface area contributed by atoms with Gasteiger partial charge < -0.3 is 11.1 Å². The molecule has 3 N–H and O–H groups in total. The average molecular weight is 386 g/mol. The highest BCUT2D eigenvalue weighted by Gasteiger charge is 2.25. The Kier molecular flexibility index (Phi) is 8.19. The molecule has 1 atom stereocenters. The fourth-order valence-corrected chi connectivity index (χ4v) is 2.96. The maximum atomic E-state index is 12.3. The van der Waals surface area contributed by atoms with E-state index in [1.54, 1.807) is 0 Å². The maximum absolute atomic E-state index is 12.3. The van der Waals surface area contributed by atoms with Crippen molar-refractivity contribution in [2.75, 3.05) is 5.73 Å². The van der Waals surface area contributed by atoms with Gasteiger partial charge in [0, 0.05) is 25.1 Å². The zero-order chi connectivity index (χ0) is 16.2. The van der Waals surface area contributed by atoms with Crippen molar-refractivity contribution in [2.45, 2.75) is 51.6 Å².